The molecule has 1 rings (SSSR count). The van der Waals surface area contributed by atoms with Gasteiger partial charge in [0, 0.05) is 15.9 Å². The summed E-state index contributed by atoms with van der Waals surface area (Å²) in [6.45, 7) is 6.34. The quantitative estimate of drug-likeness (QED) is 0.811. The minimum Gasteiger partial charge on any atom is -0.313 e. The van der Waals surface area contributed by atoms with Crippen molar-refractivity contribution >= 4 is 49.3 Å². The molecule has 0 fully saturated rings. The fourth-order valence-corrected chi connectivity index (χ4v) is 3.28. The molecule has 0 saturated heterocycles. The van der Waals surface area contributed by atoms with Gasteiger partial charge in [0.25, 0.3) is 0 Å². The highest BCUT2D eigenvalue weighted by atomic mass is 79.9. The first-order chi connectivity index (χ1) is 7.17. The minimum absolute atomic E-state index is 0.986. The Labute approximate surface area is 112 Å². The summed E-state index contributed by atoms with van der Waals surface area (Å²) in [6, 6.07) is 2.15. The number of rotatable bonds is 5. The summed E-state index contributed by atoms with van der Waals surface area (Å²) in [7, 11) is 0. The molecular weight excluding hydrogens is 338 g/mol. The number of halogens is 2. The number of nitrogens with one attached hydrogen (secondary N) is 1. The predicted octanol–water partition coefficient (Wildman–Crippen LogP) is 4.68. The van der Waals surface area contributed by atoms with Crippen LogP contribution in [0.3, 0.4) is 0 Å². The molecule has 1 heterocycles. The summed E-state index contributed by atoms with van der Waals surface area (Å²) in [4.78, 5) is 1.29. The van der Waals surface area contributed by atoms with Crippen LogP contribution in [-0.4, -0.2) is 13.1 Å². The van der Waals surface area contributed by atoms with Gasteiger partial charge < -0.3 is 5.32 Å². The van der Waals surface area contributed by atoms with Gasteiger partial charge in [0.05, 0.1) is 3.79 Å². The highest BCUT2D eigenvalue weighted by molar-refractivity contribution is 9.13. The molecule has 0 aromatic carbocycles. The van der Waals surface area contributed by atoms with E-state index in [0.717, 1.165) is 27.8 Å². The van der Waals surface area contributed by atoms with Crippen LogP contribution < -0.4 is 5.32 Å². The van der Waals surface area contributed by atoms with Crippen molar-refractivity contribution in [2.45, 2.75) is 20.3 Å². The van der Waals surface area contributed by atoms with Crippen molar-refractivity contribution in [3.05, 3.63) is 24.8 Å². The smallest absolute Gasteiger partial charge is 0.0846 e. The number of hydrogen-bond donors (Lipinski definition) is 1. The summed E-state index contributed by atoms with van der Waals surface area (Å²) in [5.41, 5.74) is 1.44. The average Bonchev–Trinajstić information content (AvgIpc) is 2.53. The maximum Gasteiger partial charge on any atom is 0.0846 e. The third-order valence-corrected chi connectivity index (χ3v) is 5.27. The number of likely N-dealkylation sites (N-methyl/N-ethyl adjacent to an activating group) is 1. The van der Waals surface area contributed by atoms with Gasteiger partial charge in [-0.05, 0) is 57.0 Å². The zero-order chi connectivity index (χ0) is 11.3. The molecule has 0 atom stereocenters. The summed E-state index contributed by atoms with van der Waals surface area (Å²) in [5, 5.41) is 3.35. The average molecular weight is 353 g/mol. The van der Waals surface area contributed by atoms with Crippen molar-refractivity contribution in [2.24, 2.45) is 0 Å². The van der Waals surface area contributed by atoms with Gasteiger partial charge in [-0.1, -0.05) is 19.4 Å². The Kier molecular flexibility index (Phi) is 6.12. The molecule has 0 aliphatic heterocycles. The second-order valence-electron chi connectivity index (χ2n) is 3.21. The Balaban J connectivity index is 2.74. The third-order valence-electron chi connectivity index (χ3n) is 2.07. The molecule has 1 N–H and O–H groups in total. The molecule has 0 unspecified atom stereocenters. The van der Waals surface area contributed by atoms with E-state index in [1.54, 1.807) is 11.3 Å². The zero-order valence-electron chi connectivity index (χ0n) is 8.94. The molecular formula is C11H15Br2NS. The topological polar surface area (TPSA) is 12.0 Å². The van der Waals surface area contributed by atoms with E-state index < -0.39 is 0 Å². The van der Waals surface area contributed by atoms with Crippen LogP contribution in [0.1, 0.15) is 25.1 Å². The first-order valence-electron chi connectivity index (χ1n) is 5.02. The van der Waals surface area contributed by atoms with Gasteiger partial charge in [0.1, 0.15) is 0 Å². The van der Waals surface area contributed by atoms with Crippen molar-refractivity contribution in [2.75, 3.05) is 13.1 Å². The molecule has 0 aliphatic rings. The van der Waals surface area contributed by atoms with Gasteiger partial charge in [0.15, 0.2) is 0 Å². The van der Waals surface area contributed by atoms with Gasteiger partial charge in [-0.2, -0.15) is 0 Å². The monoisotopic (exact) mass is 351 g/mol. The lowest BCUT2D eigenvalue weighted by molar-refractivity contribution is 0.762. The Morgan fingerprint density at radius 3 is 2.67 bits per heavy atom. The summed E-state index contributed by atoms with van der Waals surface area (Å²) >= 11 is 8.76. The Morgan fingerprint density at radius 1 is 1.47 bits per heavy atom. The summed E-state index contributed by atoms with van der Waals surface area (Å²) < 4.78 is 2.30. The molecule has 0 spiro atoms. The zero-order valence-corrected chi connectivity index (χ0v) is 12.9. The fourth-order valence-electron chi connectivity index (χ4n) is 1.20. The molecule has 1 aromatic heterocycles. The van der Waals surface area contributed by atoms with E-state index in [-0.39, 0.29) is 0 Å². The van der Waals surface area contributed by atoms with Crippen LogP contribution in [0.25, 0.3) is 6.08 Å². The summed E-state index contributed by atoms with van der Waals surface area (Å²) in [6.07, 6.45) is 3.36. The molecule has 84 valence electrons. The third kappa shape index (κ3) is 4.39. The van der Waals surface area contributed by atoms with E-state index in [2.05, 4.69) is 63.2 Å². The van der Waals surface area contributed by atoms with Gasteiger partial charge in [-0.15, -0.1) is 11.3 Å². The van der Waals surface area contributed by atoms with Crippen LogP contribution in [0.5, 0.6) is 0 Å². The van der Waals surface area contributed by atoms with Crippen molar-refractivity contribution < 1.29 is 0 Å². The second kappa shape index (κ2) is 6.84. The van der Waals surface area contributed by atoms with Crippen molar-refractivity contribution in [1.29, 1.82) is 0 Å². The largest absolute Gasteiger partial charge is 0.313 e. The standard InChI is InChI=1S/C11H15Br2NS/c1-3-8(7-14-4-2)5-9-6-10(12)11(13)15-9/h5-6,14H,3-4,7H2,1-2H3. The normalized spacial score (nSPS) is 12.1. The fraction of sp³-hybridized carbons (Fsp3) is 0.455. The van der Waals surface area contributed by atoms with Gasteiger partial charge in [0.2, 0.25) is 0 Å². The van der Waals surface area contributed by atoms with Crippen LogP contribution in [0.15, 0.2) is 19.9 Å². The maximum atomic E-state index is 3.51. The van der Waals surface area contributed by atoms with Crippen molar-refractivity contribution in [3.8, 4) is 0 Å². The molecule has 0 amide bonds. The molecule has 0 bridgehead atoms. The molecule has 0 saturated carbocycles. The van der Waals surface area contributed by atoms with Crippen LogP contribution >= 0.6 is 43.2 Å². The lowest BCUT2D eigenvalue weighted by Crippen LogP contribution is -2.15. The number of thiophene rings is 1. The molecule has 1 aromatic rings. The van der Waals surface area contributed by atoms with E-state index in [9.17, 15) is 0 Å². The molecule has 15 heavy (non-hydrogen) atoms. The van der Waals surface area contributed by atoms with Crippen molar-refractivity contribution in [3.63, 3.8) is 0 Å². The van der Waals surface area contributed by atoms with Crippen LogP contribution in [0, 0.1) is 0 Å². The van der Waals surface area contributed by atoms with Crippen molar-refractivity contribution in [1.82, 2.24) is 5.32 Å². The van der Waals surface area contributed by atoms with Crippen LogP contribution in [0.2, 0.25) is 0 Å². The second-order valence-corrected chi connectivity index (χ2v) is 6.46. The van der Waals surface area contributed by atoms with E-state index in [1.807, 2.05) is 0 Å². The Hall–Kier alpha value is 0.360. The SMILES string of the molecule is CCNCC(=Cc1cc(Br)c(Br)s1)CC. The van der Waals surface area contributed by atoms with Gasteiger partial charge >= 0.3 is 0 Å². The number of hydrogen-bond acceptors (Lipinski definition) is 2. The highest BCUT2D eigenvalue weighted by Gasteiger charge is 2.02. The van der Waals surface area contributed by atoms with Gasteiger partial charge in [-0.25, -0.2) is 0 Å². The van der Waals surface area contributed by atoms with E-state index in [1.165, 1.54) is 10.5 Å². The lowest BCUT2D eigenvalue weighted by atomic mass is 10.2. The van der Waals surface area contributed by atoms with Crippen LogP contribution in [-0.2, 0) is 0 Å². The first kappa shape index (κ1) is 13.4. The van der Waals surface area contributed by atoms with E-state index in [0.29, 0.717) is 0 Å². The molecule has 0 radical (unpaired) electrons. The van der Waals surface area contributed by atoms with Crippen LogP contribution in [0.4, 0.5) is 0 Å². The highest BCUT2D eigenvalue weighted by Crippen LogP contribution is 2.33. The Bertz CT molecular complexity index is 325. The molecule has 1 nitrogen and oxygen atoms in total. The molecule has 0 aliphatic carbocycles. The van der Waals surface area contributed by atoms with E-state index in [4.69, 9.17) is 0 Å². The lowest BCUT2D eigenvalue weighted by Gasteiger charge is -2.03. The summed E-state index contributed by atoms with van der Waals surface area (Å²) in [5.74, 6) is 0. The van der Waals surface area contributed by atoms with E-state index >= 15 is 0 Å². The minimum atomic E-state index is 0.986. The predicted molar refractivity (Wildman–Crippen MR) is 76.5 cm³/mol. The Morgan fingerprint density at radius 2 is 2.20 bits per heavy atom. The van der Waals surface area contributed by atoms with Gasteiger partial charge in [-0.3, -0.25) is 0 Å². The first-order valence-corrected chi connectivity index (χ1v) is 7.42. The molecule has 4 heteroatoms. The maximum absolute atomic E-state index is 3.51.